The van der Waals surface area contributed by atoms with E-state index in [4.69, 9.17) is 9.97 Å². The number of anilines is 2. The van der Waals surface area contributed by atoms with Crippen LogP contribution in [0.25, 0.3) is 65.2 Å². The molecule has 0 fully saturated rings. The second-order valence-corrected chi connectivity index (χ2v) is 12.3. The van der Waals surface area contributed by atoms with Crippen LogP contribution in [0.5, 0.6) is 0 Å². The quantitative estimate of drug-likeness (QED) is 0.121. The summed E-state index contributed by atoms with van der Waals surface area (Å²) in [7, 11) is 2.23. The van der Waals surface area contributed by atoms with Crippen molar-refractivity contribution >= 4 is 76.5 Å². The molecule has 0 unspecified atom stereocenters. The summed E-state index contributed by atoms with van der Waals surface area (Å²) in [6, 6.07) is 43.0. The second-order valence-electron chi connectivity index (χ2n) is 12.3. The van der Waals surface area contributed by atoms with E-state index in [1.807, 2.05) is 0 Å². The van der Waals surface area contributed by atoms with Crippen molar-refractivity contribution in [3.05, 3.63) is 121 Å². The SMILES string of the molecule is CN(CCCNc1c2ccccc2nc2cc3ccccc3cc12)CCCNc1c2ccccc2nc2cc3ccccc3cc12. The minimum Gasteiger partial charge on any atom is -0.384 e. The highest BCUT2D eigenvalue weighted by molar-refractivity contribution is 6.12. The summed E-state index contributed by atoms with van der Waals surface area (Å²) in [6.07, 6.45) is 2.12. The first-order chi connectivity index (χ1) is 22.7. The van der Waals surface area contributed by atoms with E-state index in [0.29, 0.717) is 0 Å². The Morgan fingerprint density at radius 2 is 0.848 bits per heavy atom. The normalized spacial score (nSPS) is 11.9. The minimum atomic E-state index is 0.904. The Hall–Kier alpha value is -5.26. The number of hydrogen-bond donors (Lipinski definition) is 2. The molecule has 8 rings (SSSR count). The van der Waals surface area contributed by atoms with Crippen molar-refractivity contribution in [3.63, 3.8) is 0 Å². The van der Waals surface area contributed by atoms with Crippen molar-refractivity contribution in [2.45, 2.75) is 12.8 Å². The Morgan fingerprint density at radius 3 is 1.30 bits per heavy atom. The minimum absolute atomic E-state index is 0.904. The van der Waals surface area contributed by atoms with Gasteiger partial charge in [-0.25, -0.2) is 9.97 Å². The highest BCUT2D eigenvalue weighted by atomic mass is 15.1. The number of pyridine rings is 2. The molecule has 46 heavy (non-hydrogen) atoms. The average Bonchev–Trinajstić information content (AvgIpc) is 3.09. The summed E-state index contributed by atoms with van der Waals surface area (Å²) < 4.78 is 0. The summed E-state index contributed by atoms with van der Waals surface area (Å²) in [4.78, 5) is 12.4. The molecule has 2 heterocycles. The summed E-state index contributed by atoms with van der Waals surface area (Å²) in [5.74, 6) is 0. The van der Waals surface area contributed by atoms with Gasteiger partial charge in [0.2, 0.25) is 0 Å². The Bertz CT molecular complexity index is 2190. The predicted molar refractivity (Wildman–Crippen MR) is 197 cm³/mol. The lowest BCUT2D eigenvalue weighted by Crippen LogP contribution is -2.24. The van der Waals surface area contributed by atoms with Gasteiger partial charge in [0.15, 0.2) is 0 Å². The summed E-state index contributed by atoms with van der Waals surface area (Å²) in [5.41, 5.74) is 6.49. The fraction of sp³-hybridized carbons (Fsp3) is 0.171. The van der Waals surface area contributed by atoms with Gasteiger partial charge in [-0.3, -0.25) is 0 Å². The number of aromatic nitrogens is 2. The van der Waals surface area contributed by atoms with Gasteiger partial charge in [0.25, 0.3) is 0 Å². The zero-order valence-electron chi connectivity index (χ0n) is 26.1. The number of nitrogens with zero attached hydrogens (tertiary/aromatic N) is 3. The van der Waals surface area contributed by atoms with E-state index in [-0.39, 0.29) is 0 Å². The monoisotopic (exact) mass is 599 g/mol. The van der Waals surface area contributed by atoms with Crippen LogP contribution < -0.4 is 10.6 Å². The first-order valence-corrected chi connectivity index (χ1v) is 16.3. The van der Waals surface area contributed by atoms with E-state index in [9.17, 15) is 0 Å². The molecule has 0 saturated heterocycles. The van der Waals surface area contributed by atoms with Gasteiger partial charge in [-0.2, -0.15) is 0 Å². The molecular weight excluding hydrogens is 562 g/mol. The molecule has 5 nitrogen and oxygen atoms in total. The smallest absolute Gasteiger partial charge is 0.0736 e. The molecule has 8 aromatic rings. The molecule has 5 heteroatoms. The van der Waals surface area contributed by atoms with Crippen molar-refractivity contribution in [2.24, 2.45) is 0 Å². The third kappa shape index (κ3) is 5.44. The molecule has 0 aliphatic carbocycles. The van der Waals surface area contributed by atoms with E-state index in [1.54, 1.807) is 0 Å². The largest absolute Gasteiger partial charge is 0.384 e. The molecule has 0 amide bonds. The first kappa shape index (κ1) is 28.2. The van der Waals surface area contributed by atoms with E-state index >= 15 is 0 Å². The Kier molecular flexibility index (Phi) is 7.53. The van der Waals surface area contributed by atoms with Crippen molar-refractivity contribution < 1.29 is 0 Å². The van der Waals surface area contributed by atoms with Crippen LogP contribution in [-0.2, 0) is 0 Å². The van der Waals surface area contributed by atoms with Crippen molar-refractivity contribution in [2.75, 3.05) is 43.9 Å². The molecule has 2 aromatic heterocycles. The van der Waals surface area contributed by atoms with Crippen molar-refractivity contribution in [1.29, 1.82) is 0 Å². The van der Waals surface area contributed by atoms with Gasteiger partial charge in [-0.1, -0.05) is 84.9 Å². The fourth-order valence-corrected chi connectivity index (χ4v) is 6.77. The molecule has 0 aliphatic rings. The van der Waals surface area contributed by atoms with E-state index < -0.39 is 0 Å². The molecule has 0 saturated carbocycles. The average molecular weight is 600 g/mol. The van der Waals surface area contributed by atoms with Gasteiger partial charge in [0.05, 0.1) is 33.4 Å². The van der Waals surface area contributed by atoms with Crippen LogP contribution in [0.3, 0.4) is 0 Å². The second kappa shape index (κ2) is 12.3. The molecule has 6 aromatic carbocycles. The van der Waals surface area contributed by atoms with Gasteiger partial charge in [0.1, 0.15) is 0 Å². The molecule has 0 aliphatic heterocycles. The lowest BCUT2D eigenvalue weighted by molar-refractivity contribution is 0.331. The summed E-state index contributed by atoms with van der Waals surface area (Å²) in [6.45, 7) is 3.87. The molecule has 0 bridgehead atoms. The predicted octanol–water partition coefficient (Wildman–Crippen LogP) is 9.63. The first-order valence-electron chi connectivity index (χ1n) is 16.3. The fourth-order valence-electron chi connectivity index (χ4n) is 6.77. The van der Waals surface area contributed by atoms with Gasteiger partial charge in [-0.15, -0.1) is 0 Å². The number of nitrogens with one attached hydrogen (secondary N) is 2. The molecular formula is C41H37N5. The maximum atomic E-state index is 5.00. The van der Waals surface area contributed by atoms with Gasteiger partial charge in [0, 0.05) is 34.6 Å². The standard InChI is InChI=1S/C41H37N5/c1-46(22-10-20-42-40-32-16-6-8-18-36(32)44-38-26-30-14-4-2-12-28(30)24-34(38)40)23-11-21-43-41-33-17-7-9-19-37(33)45-39-27-31-15-5-3-13-29(31)25-35(39)41/h2-9,12-19,24-27H,10-11,20-23H2,1H3,(H,42,44)(H,43,45). The summed E-state index contributed by atoms with van der Waals surface area (Å²) in [5, 5.41) is 17.2. The number of benzene rings is 6. The van der Waals surface area contributed by atoms with Crippen LogP contribution in [0, 0.1) is 0 Å². The van der Waals surface area contributed by atoms with E-state index in [0.717, 1.165) is 61.1 Å². The third-order valence-electron chi connectivity index (χ3n) is 9.13. The third-order valence-corrected chi connectivity index (χ3v) is 9.13. The molecule has 226 valence electrons. The topological polar surface area (TPSA) is 53.1 Å². The van der Waals surface area contributed by atoms with Crippen LogP contribution >= 0.6 is 0 Å². The van der Waals surface area contributed by atoms with Crippen LogP contribution in [0.2, 0.25) is 0 Å². The number of fused-ring (bicyclic) bond motifs is 6. The Morgan fingerprint density at radius 1 is 0.457 bits per heavy atom. The highest BCUT2D eigenvalue weighted by Gasteiger charge is 2.12. The number of hydrogen-bond acceptors (Lipinski definition) is 5. The Labute approximate surface area is 268 Å². The van der Waals surface area contributed by atoms with Crippen LogP contribution in [0.15, 0.2) is 121 Å². The maximum absolute atomic E-state index is 5.00. The lowest BCUT2D eigenvalue weighted by atomic mass is 10.0. The Balaban J connectivity index is 0.920. The summed E-state index contributed by atoms with van der Waals surface area (Å²) >= 11 is 0. The number of para-hydroxylation sites is 2. The zero-order chi connectivity index (χ0) is 30.9. The van der Waals surface area contributed by atoms with Gasteiger partial charge in [-0.05, 0) is 90.9 Å². The van der Waals surface area contributed by atoms with Crippen molar-refractivity contribution in [3.8, 4) is 0 Å². The van der Waals surface area contributed by atoms with Crippen LogP contribution in [0.4, 0.5) is 11.4 Å². The van der Waals surface area contributed by atoms with Gasteiger partial charge < -0.3 is 15.5 Å². The molecule has 0 radical (unpaired) electrons. The van der Waals surface area contributed by atoms with Crippen molar-refractivity contribution in [1.82, 2.24) is 14.9 Å². The maximum Gasteiger partial charge on any atom is 0.0736 e. The lowest BCUT2D eigenvalue weighted by Gasteiger charge is -2.19. The highest BCUT2D eigenvalue weighted by Crippen LogP contribution is 2.35. The van der Waals surface area contributed by atoms with Crippen LogP contribution in [0.1, 0.15) is 12.8 Å². The molecule has 2 N–H and O–H groups in total. The van der Waals surface area contributed by atoms with E-state index in [1.165, 1.54) is 54.5 Å². The van der Waals surface area contributed by atoms with E-state index in [2.05, 4.69) is 144 Å². The van der Waals surface area contributed by atoms with Gasteiger partial charge >= 0.3 is 0 Å². The molecule has 0 atom stereocenters. The van der Waals surface area contributed by atoms with Crippen LogP contribution in [-0.4, -0.2) is 48.1 Å². The molecule has 0 spiro atoms. The number of rotatable bonds is 10. The zero-order valence-corrected chi connectivity index (χ0v) is 26.1.